The standard InChI is InChI=1S/C91H162NO8P/c1-3-5-7-9-11-13-15-17-19-21-23-25-27-29-31-33-35-37-39-41-43-44-46-47-49-51-53-55-57-59-61-63-65-67-69-71-73-75-77-79-81-83-90(93)97-87-89(88-99-101(95,96)98-86-85-92)100-91(94)84-82-80-78-76-74-72-70-68-66-64-62-60-58-56-54-52-50-48-45-42-40-38-36-34-32-30-28-26-24-22-20-18-16-14-12-10-8-6-4-2/h6,8,12,14-15,17-18,20-21,23-24,26-27,29-30,32,36,38,42,45,89H,3-5,7,9-11,13,16,19,22,25,28,31,33-35,37,39-41,43-44,46-88,92H2,1-2H3,(H,95,96)/b8-6-,14-12-,17-15-,20-18-,23-21-,26-24-,29-27-,32-30-,38-36-,45-42-. The van der Waals surface area contributed by atoms with Crippen LogP contribution in [0.2, 0.25) is 0 Å². The molecule has 10 heteroatoms. The number of hydrogen-bond donors (Lipinski definition) is 2. The van der Waals surface area contributed by atoms with E-state index in [2.05, 4.69) is 135 Å². The Labute approximate surface area is 625 Å². The highest BCUT2D eigenvalue weighted by Gasteiger charge is 2.26. The highest BCUT2D eigenvalue weighted by molar-refractivity contribution is 7.47. The molecule has 0 aliphatic carbocycles. The summed E-state index contributed by atoms with van der Waals surface area (Å²) in [6.07, 6.45) is 121. The second-order valence-corrected chi connectivity index (χ2v) is 30.1. The summed E-state index contributed by atoms with van der Waals surface area (Å²) in [6.45, 7) is 3.67. The van der Waals surface area contributed by atoms with Crippen molar-refractivity contribution in [2.75, 3.05) is 26.4 Å². The fraction of sp³-hybridized carbons (Fsp3) is 0.758. The average molecular weight is 1430 g/mol. The van der Waals surface area contributed by atoms with Crippen LogP contribution >= 0.6 is 7.82 Å². The minimum Gasteiger partial charge on any atom is -0.462 e. The number of phosphoric ester groups is 1. The van der Waals surface area contributed by atoms with Gasteiger partial charge in [-0.05, 0) is 109 Å². The third kappa shape index (κ3) is 85.2. The molecule has 584 valence electrons. The van der Waals surface area contributed by atoms with Crippen molar-refractivity contribution in [3.63, 3.8) is 0 Å². The number of carbonyl (C=O) groups is 2. The van der Waals surface area contributed by atoms with E-state index < -0.39 is 26.5 Å². The molecular formula is C91H162NO8P. The molecule has 0 aromatic carbocycles. The van der Waals surface area contributed by atoms with Crippen molar-refractivity contribution >= 4 is 19.8 Å². The Bertz CT molecular complexity index is 2080. The Morgan fingerprint density at radius 2 is 0.545 bits per heavy atom. The van der Waals surface area contributed by atoms with Gasteiger partial charge in [-0.2, -0.15) is 0 Å². The van der Waals surface area contributed by atoms with Gasteiger partial charge in [-0.15, -0.1) is 0 Å². The first-order valence-corrected chi connectivity index (χ1v) is 44.5. The van der Waals surface area contributed by atoms with Crippen molar-refractivity contribution in [2.24, 2.45) is 5.73 Å². The summed E-state index contributed by atoms with van der Waals surface area (Å²) < 4.78 is 33.3. The normalized spacial score (nSPS) is 13.4. The van der Waals surface area contributed by atoms with Gasteiger partial charge in [0.05, 0.1) is 13.2 Å². The number of phosphoric acid groups is 1. The lowest BCUT2D eigenvalue weighted by Crippen LogP contribution is -2.29. The molecule has 0 amide bonds. The van der Waals surface area contributed by atoms with Gasteiger partial charge in [0.2, 0.25) is 0 Å². The van der Waals surface area contributed by atoms with Crippen molar-refractivity contribution in [1.29, 1.82) is 0 Å². The largest absolute Gasteiger partial charge is 0.472 e. The van der Waals surface area contributed by atoms with Crippen molar-refractivity contribution in [2.45, 2.75) is 418 Å². The highest BCUT2D eigenvalue weighted by atomic mass is 31.2. The minimum atomic E-state index is -4.40. The average Bonchev–Trinajstić information content (AvgIpc) is 1.01. The predicted octanol–water partition coefficient (Wildman–Crippen LogP) is 29.3. The molecule has 0 aliphatic rings. The smallest absolute Gasteiger partial charge is 0.462 e. The minimum absolute atomic E-state index is 0.0523. The van der Waals surface area contributed by atoms with Crippen LogP contribution in [0.15, 0.2) is 122 Å². The zero-order valence-corrected chi connectivity index (χ0v) is 67.0. The number of nitrogens with two attached hydrogens (primary N) is 1. The molecule has 0 rings (SSSR count). The van der Waals surface area contributed by atoms with Gasteiger partial charge in [0.15, 0.2) is 6.10 Å². The zero-order valence-electron chi connectivity index (χ0n) is 66.1. The number of carbonyl (C=O) groups excluding carboxylic acids is 2. The summed E-state index contributed by atoms with van der Waals surface area (Å²) in [5, 5.41) is 0. The van der Waals surface area contributed by atoms with E-state index in [1.807, 2.05) is 0 Å². The van der Waals surface area contributed by atoms with Crippen LogP contribution in [-0.2, 0) is 32.7 Å². The lowest BCUT2D eigenvalue weighted by atomic mass is 10.0. The molecule has 0 saturated heterocycles. The second-order valence-electron chi connectivity index (χ2n) is 28.7. The first-order chi connectivity index (χ1) is 49.8. The van der Waals surface area contributed by atoms with Gasteiger partial charge in [0.25, 0.3) is 0 Å². The molecular weight excluding hydrogens is 1270 g/mol. The summed E-state index contributed by atoms with van der Waals surface area (Å²) in [4.78, 5) is 35.5. The van der Waals surface area contributed by atoms with E-state index in [4.69, 9.17) is 24.3 Å². The zero-order chi connectivity index (χ0) is 72.9. The van der Waals surface area contributed by atoms with Crippen LogP contribution in [0.1, 0.15) is 412 Å². The molecule has 101 heavy (non-hydrogen) atoms. The van der Waals surface area contributed by atoms with E-state index in [1.165, 1.54) is 283 Å². The Morgan fingerprint density at radius 1 is 0.307 bits per heavy atom. The molecule has 0 fully saturated rings. The topological polar surface area (TPSA) is 134 Å². The molecule has 0 heterocycles. The maximum Gasteiger partial charge on any atom is 0.472 e. The van der Waals surface area contributed by atoms with E-state index in [0.717, 1.165) is 96.3 Å². The van der Waals surface area contributed by atoms with Crippen LogP contribution in [0.25, 0.3) is 0 Å². The maximum atomic E-state index is 12.8. The van der Waals surface area contributed by atoms with Gasteiger partial charge in [-0.3, -0.25) is 18.6 Å². The molecule has 0 saturated carbocycles. The van der Waals surface area contributed by atoms with Crippen LogP contribution < -0.4 is 5.73 Å². The van der Waals surface area contributed by atoms with Gasteiger partial charge < -0.3 is 20.1 Å². The van der Waals surface area contributed by atoms with Gasteiger partial charge in [0.1, 0.15) is 6.61 Å². The molecule has 0 bridgehead atoms. The summed E-state index contributed by atoms with van der Waals surface area (Å²) >= 11 is 0. The SMILES string of the molecule is CC/C=C\C/C=C\C/C=C\C/C=C\C/C=C\C/C=C\C/C=C\CCCCCCCCCCCCCCCCCCCC(=O)OC(COC(=O)CCCCCCCCCCCCCCCCCCCCCCCCCCCC/C=C\C/C=C\C/C=C\CCCCCCC)COP(=O)(O)OCCN. The first-order valence-electron chi connectivity index (χ1n) is 43.0. The Hall–Kier alpha value is -3.59. The highest BCUT2D eigenvalue weighted by Crippen LogP contribution is 2.43. The molecule has 0 aliphatic heterocycles. The van der Waals surface area contributed by atoms with Crippen LogP contribution in [0.3, 0.4) is 0 Å². The fourth-order valence-electron chi connectivity index (χ4n) is 12.5. The third-order valence-corrected chi connectivity index (χ3v) is 19.8. The Kier molecular flexibility index (Phi) is 82.3. The molecule has 2 unspecified atom stereocenters. The quantitative estimate of drug-likeness (QED) is 0.0264. The predicted molar refractivity (Wildman–Crippen MR) is 441 cm³/mol. The van der Waals surface area contributed by atoms with Crippen molar-refractivity contribution < 1.29 is 37.6 Å². The molecule has 0 spiro atoms. The lowest BCUT2D eigenvalue weighted by molar-refractivity contribution is -0.161. The van der Waals surface area contributed by atoms with Crippen LogP contribution in [0.4, 0.5) is 0 Å². The summed E-state index contributed by atoms with van der Waals surface area (Å²) in [5.41, 5.74) is 5.42. The van der Waals surface area contributed by atoms with Crippen LogP contribution in [0.5, 0.6) is 0 Å². The summed E-state index contributed by atoms with van der Waals surface area (Å²) in [6, 6.07) is 0. The number of hydrogen-bond acceptors (Lipinski definition) is 8. The number of rotatable bonds is 81. The van der Waals surface area contributed by atoms with E-state index in [-0.39, 0.29) is 38.6 Å². The molecule has 9 nitrogen and oxygen atoms in total. The van der Waals surface area contributed by atoms with Crippen molar-refractivity contribution in [1.82, 2.24) is 0 Å². The number of allylic oxidation sites excluding steroid dienone is 20. The van der Waals surface area contributed by atoms with E-state index in [1.54, 1.807) is 0 Å². The third-order valence-electron chi connectivity index (χ3n) is 18.8. The first kappa shape index (κ1) is 97.4. The summed E-state index contributed by atoms with van der Waals surface area (Å²) in [5.74, 6) is -0.811. The molecule has 2 atom stereocenters. The Morgan fingerprint density at radius 3 is 0.812 bits per heavy atom. The maximum absolute atomic E-state index is 12.8. The molecule has 0 radical (unpaired) electrons. The van der Waals surface area contributed by atoms with Gasteiger partial charge in [0, 0.05) is 19.4 Å². The molecule has 0 aromatic heterocycles. The lowest BCUT2D eigenvalue weighted by Gasteiger charge is -2.19. The fourth-order valence-corrected chi connectivity index (χ4v) is 13.3. The van der Waals surface area contributed by atoms with Crippen LogP contribution in [0, 0.1) is 0 Å². The monoisotopic (exact) mass is 1430 g/mol. The van der Waals surface area contributed by atoms with Gasteiger partial charge in [-0.1, -0.05) is 411 Å². The van der Waals surface area contributed by atoms with Crippen molar-refractivity contribution in [3.05, 3.63) is 122 Å². The van der Waals surface area contributed by atoms with Gasteiger partial charge in [-0.25, -0.2) is 4.57 Å². The second kappa shape index (κ2) is 85.3. The number of ether oxygens (including phenoxy) is 2. The number of unbranched alkanes of at least 4 members (excludes halogenated alkanes) is 48. The molecule has 0 aromatic rings. The number of esters is 2. The van der Waals surface area contributed by atoms with Crippen molar-refractivity contribution in [3.8, 4) is 0 Å². The molecule has 3 N–H and O–H groups in total. The van der Waals surface area contributed by atoms with Gasteiger partial charge >= 0.3 is 19.8 Å². The Balaban J connectivity index is 3.76. The van der Waals surface area contributed by atoms with E-state index in [0.29, 0.717) is 6.42 Å². The van der Waals surface area contributed by atoms with E-state index >= 15 is 0 Å². The summed E-state index contributed by atoms with van der Waals surface area (Å²) in [7, 11) is -4.40. The van der Waals surface area contributed by atoms with Crippen LogP contribution in [-0.4, -0.2) is 49.3 Å². The van der Waals surface area contributed by atoms with E-state index in [9.17, 15) is 19.0 Å².